The van der Waals surface area contributed by atoms with Crippen molar-refractivity contribution < 1.29 is 9.53 Å². The second kappa shape index (κ2) is 10.5. The molecule has 0 saturated carbocycles. The number of carbonyl (C=O) groups is 1. The van der Waals surface area contributed by atoms with Gasteiger partial charge in [-0.05, 0) is 42.7 Å². The molecule has 0 heterocycles. The Bertz CT molecular complexity index is 573. The van der Waals surface area contributed by atoms with Crippen LogP contribution in [0.2, 0.25) is 0 Å². The van der Waals surface area contributed by atoms with Crippen LogP contribution in [0.1, 0.15) is 18.4 Å². The van der Waals surface area contributed by atoms with Crippen LogP contribution in [-0.4, -0.2) is 19.1 Å². The van der Waals surface area contributed by atoms with Crippen LogP contribution >= 0.6 is 12.4 Å². The molecule has 0 bridgehead atoms. The SMILES string of the molecule is Cl.Nc1ccc(CCNC(=O)CCCOc2ccccc2)cc1. The van der Waals surface area contributed by atoms with E-state index in [1.165, 1.54) is 5.56 Å². The van der Waals surface area contributed by atoms with Gasteiger partial charge in [0.05, 0.1) is 6.61 Å². The first kappa shape index (κ1) is 18.8. The highest BCUT2D eigenvalue weighted by atomic mass is 35.5. The summed E-state index contributed by atoms with van der Waals surface area (Å²) in [6.07, 6.45) is 2.00. The molecule has 2 rings (SSSR count). The molecular formula is C18H23ClN2O2. The molecule has 1 amide bonds. The molecule has 0 aliphatic carbocycles. The molecule has 0 unspecified atom stereocenters. The van der Waals surface area contributed by atoms with Crippen LogP contribution in [0.25, 0.3) is 0 Å². The van der Waals surface area contributed by atoms with E-state index in [2.05, 4.69) is 5.32 Å². The summed E-state index contributed by atoms with van der Waals surface area (Å²) in [5.74, 6) is 0.901. The number of para-hydroxylation sites is 1. The predicted molar refractivity (Wildman–Crippen MR) is 96.0 cm³/mol. The second-order valence-electron chi connectivity index (χ2n) is 5.11. The molecule has 3 N–H and O–H groups in total. The molecule has 0 spiro atoms. The normalized spacial score (nSPS) is 9.74. The molecule has 2 aromatic carbocycles. The molecule has 0 atom stereocenters. The number of benzene rings is 2. The number of anilines is 1. The summed E-state index contributed by atoms with van der Waals surface area (Å²) in [4.78, 5) is 11.7. The largest absolute Gasteiger partial charge is 0.494 e. The van der Waals surface area contributed by atoms with Gasteiger partial charge in [-0.1, -0.05) is 30.3 Å². The summed E-state index contributed by atoms with van der Waals surface area (Å²) in [6, 6.07) is 17.3. The van der Waals surface area contributed by atoms with Crippen molar-refractivity contribution in [2.45, 2.75) is 19.3 Å². The molecular weight excluding hydrogens is 312 g/mol. The molecule has 4 nitrogen and oxygen atoms in total. The Morgan fingerprint density at radius 1 is 1.04 bits per heavy atom. The maximum Gasteiger partial charge on any atom is 0.220 e. The fourth-order valence-electron chi connectivity index (χ4n) is 2.06. The Morgan fingerprint density at radius 3 is 2.43 bits per heavy atom. The Hall–Kier alpha value is -2.20. The lowest BCUT2D eigenvalue weighted by molar-refractivity contribution is -0.121. The number of rotatable bonds is 8. The Labute approximate surface area is 143 Å². The fraction of sp³-hybridized carbons (Fsp3) is 0.278. The van der Waals surface area contributed by atoms with E-state index < -0.39 is 0 Å². The summed E-state index contributed by atoms with van der Waals surface area (Å²) in [5.41, 5.74) is 7.56. The predicted octanol–water partition coefficient (Wildman–Crippen LogP) is 3.21. The first-order valence-corrected chi connectivity index (χ1v) is 7.53. The van der Waals surface area contributed by atoms with Crippen molar-refractivity contribution in [1.82, 2.24) is 5.32 Å². The van der Waals surface area contributed by atoms with Crippen molar-refractivity contribution in [2.24, 2.45) is 0 Å². The Balaban J connectivity index is 0.00000264. The summed E-state index contributed by atoms with van der Waals surface area (Å²) >= 11 is 0. The smallest absolute Gasteiger partial charge is 0.220 e. The van der Waals surface area contributed by atoms with Crippen LogP contribution < -0.4 is 15.8 Å². The molecule has 0 aliphatic rings. The number of amides is 1. The number of halogens is 1. The van der Waals surface area contributed by atoms with Crippen molar-refractivity contribution in [2.75, 3.05) is 18.9 Å². The van der Waals surface area contributed by atoms with Crippen LogP contribution in [0.4, 0.5) is 5.69 Å². The number of hydrogen-bond acceptors (Lipinski definition) is 3. The lowest BCUT2D eigenvalue weighted by Crippen LogP contribution is -2.25. The van der Waals surface area contributed by atoms with Gasteiger partial charge in [-0.25, -0.2) is 0 Å². The molecule has 2 aromatic rings. The van der Waals surface area contributed by atoms with Crippen molar-refractivity contribution >= 4 is 24.0 Å². The zero-order valence-electron chi connectivity index (χ0n) is 13.0. The number of nitrogen functional groups attached to an aromatic ring is 1. The van der Waals surface area contributed by atoms with Gasteiger partial charge in [-0.15, -0.1) is 12.4 Å². The molecule has 124 valence electrons. The van der Waals surface area contributed by atoms with Crippen LogP contribution in [0.15, 0.2) is 54.6 Å². The van der Waals surface area contributed by atoms with E-state index in [-0.39, 0.29) is 18.3 Å². The first-order valence-electron chi connectivity index (χ1n) is 7.53. The standard InChI is InChI=1S/C18H22N2O2.ClH/c19-16-10-8-15(9-11-16)12-13-20-18(21)7-4-14-22-17-5-2-1-3-6-17;/h1-3,5-6,8-11H,4,7,12-14,19H2,(H,20,21);1H. The monoisotopic (exact) mass is 334 g/mol. The van der Waals surface area contributed by atoms with E-state index in [1.807, 2.05) is 54.6 Å². The van der Waals surface area contributed by atoms with Gasteiger partial charge in [0.1, 0.15) is 5.75 Å². The van der Waals surface area contributed by atoms with Crippen molar-refractivity contribution in [1.29, 1.82) is 0 Å². The molecule has 0 aliphatic heterocycles. The van der Waals surface area contributed by atoms with Crippen LogP contribution in [0, 0.1) is 0 Å². The van der Waals surface area contributed by atoms with Gasteiger partial charge in [0.25, 0.3) is 0 Å². The minimum Gasteiger partial charge on any atom is -0.494 e. The summed E-state index contributed by atoms with van der Waals surface area (Å²) < 4.78 is 5.55. The second-order valence-corrected chi connectivity index (χ2v) is 5.11. The van der Waals surface area contributed by atoms with Crippen LogP contribution in [-0.2, 0) is 11.2 Å². The fourth-order valence-corrected chi connectivity index (χ4v) is 2.06. The van der Waals surface area contributed by atoms with Crippen LogP contribution in [0.3, 0.4) is 0 Å². The van der Waals surface area contributed by atoms with Gasteiger partial charge in [0.15, 0.2) is 0 Å². The van der Waals surface area contributed by atoms with Crippen molar-refractivity contribution in [3.8, 4) is 5.75 Å². The zero-order chi connectivity index (χ0) is 15.6. The molecule has 5 heteroatoms. The first-order chi connectivity index (χ1) is 10.7. The lowest BCUT2D eigenvalue weighted by atomic mass is 10.1. The molecule has 0 fully saturated rings. The highest BCUT2D eigenvalue weighted by Crippen LogP contribution is 2.09. The molecule has 0 radical (unpaired) electrons. The third-order valence-electron chi connectivity index (χ3n) is 3.28. The van der Waals surface area contributed by atoms with E-state index in [0.29, 0.717) is 26.0 Å². The van der Waals surface area contributed by atoms with Gasteiger partial charge in [-0.2, -0.15) is 0 Å². The van der Waals surface area contributed by atoms with Crippen LogP contribution in [0.5, 0.6) is 5.75 Å². The summed E-state index contributed by atoms with van der Waals surface area (Å²) in [5, 5.41) is 2.92. The third-order valence-corrected chi connectivity index (χ3v) is 3.28. The number of carbonyl (C=O) groups excluding carboxylic acids is 1. The van der Waals surface area contributed by atoms with Gasteiger partial charge < -0.3 is 15.8 Å². The quantitative estimate of drug-likeness (QED) is 0.575. The highest BCUT2D eigenvalue weighted by molar-refractivity contribution is 5.85. The van der Waals surface area contributed by atoms with E-state index in [9.17, 15) is 4.79 Å². The number of nitrogens with one attached hydrogen (secondary N) is 1. The van der Waals surface area contributed by atoms with Gasteiger partial charge >= 0.3 is 0 Å². The minimum absolute atomic E-state index is 0. The average Bonchev–Trinajstić information content (AvgIpc) is 2.54. The Kier molecular flexibility index (Phi) is 8.62. The zero-order valence-corrected chi connectivity index (χ0v) is 13.9. The number of ether oxygens (including phenoxy) is 1. The molecule has 0 saturated heterocycles. The van der Waals surface area contributed by atoms with Gasteiger partial charge in [0, 0.05) is 18.7 Å². The Morgan fingerprint density at radius 2 is 1.74 bits per heavy atom. The van der Waals surface area contributed by atoms with Crippen molar-refractivity contribution in [3.63, 3.8) is 0 Å². The van der Waals surface area contributed by atoms with E-state index in [0.717, 1.165) is 17.9 Å². The van der Waals surface area contributed by atoms with E-state index in [1.54, 1.807) is 0 Å². The maximum absolute atomic E-state index is 11.7. The lowest BCUT2D eigenvalue weighted by Gasteiger charge is -2.07. The highest BCUT2D eigenvalue weighted by Gasteiger charge is 2.01. The van der Waals surface area contributed by atoms with Gasteiger partial charge in [0.2, 0.25) is 5.91 Å². The topological polar surface area (TPSA) is 64.3 Å². The van der Waals surface area contributed by atoms with E-state index >= 15 is 0 Å². The number of hydrogen-bond donors (Lipinski definition) is 2. The van der Waals surface area contributed by atoms with Gasteiger partial charge in [-0.3, -0.25) is 4.79 Å². The summed E-state index contributed by atoms with van der Waals surface area (Å²) in [7, 11) is 0. The number of nitrogens with two attached hydrogens (primary N) is 1. The maximum atomic E-state index is 11.7. The molecule has 0 aromatic heterocycles. The average molecular weight is 335 g/mol. The third kappa shape index (κ3) is 7.56. The van der Waals surface area contributed by atoms with E-state index in [4.69, 9.17) is 10.5 Å². The minimum atomic E-state index is 0. The molecule has 23 heavy (non-hydrogen) atoms. The summed E-state index contributed by atoms with van der Waals surface area (Å²) in [6.45, 7) is 1.19. The van der Waals surface area contributed by atoms with Crippen molar-refractivity contribution in [3.05, 3.63) is 60.2 Å².